The van der Waals surface area contributed by atoms with Crippen LogP contribution in [0.5, 0.6) is 0 Å². The van der Waals surface area contributed by atoms with E-state index in [0.29, 0.717) is 0 Å². The van der Waals surface area contributed by atoms with Gasteiger partial charge in [-0.3, -0.25) is 0 Å². The minimum atomic E-state index is 1.10. The predicted molar refractivity (Wildman–Crippen MR) is 70.5 cm³/mol. The van der Waals surface area contributed by atoms with Gasteiger partial charge in [-0.15, -0.1) is 0 Å². The number of rotatable bonds is 4. The van der Waals surface area contributed by atoms with Gasteiger partial charge in [-0.05, 0) is 50.4 Å². The summed E-state index contributed by atoms with van der Waals surface area (Å²) in [5, 5.41) is 0. The van der Waals surface area contributed by atoms with Crippen molar-refractivity contribution in [2.45, 2.75) is 26.2 Å². The molecule has 1 aliphatic rings. The smallest absolute Gasteiger partial charge is 0.00218 e. The maximum Gasteiger partial charge on any atom is 0.00218 e. The molecule has 0 atom stereocenters. The number of hydrogen-bond acceptors (Lipinski definition) is 1. The van der Waals surface area contributed by atoms with E-state index in [1.807, 2.05) is 0 Å². The van der Waals surface area contributed by atoms with E-state index in [0.717, 1.165) is 6.42 Å². The number of hydrogen-bond donors (Lipinski definition) is 0. The molecule has 1 aliphatic heterocycles. The van der Waals surface area contributed by atoms with Crippen LogP contribution in [0.15, 0.2) is 30.8 Å². The van der Waals surface area contributed by atoms with Crippen molar-refractivity contribution in [3.63, 3.8) is 0 Å². The van der Waals surface area contributed by atoms with Crippen LogP contribution in [0, 0.1) is 6.92 Å². The van der Waals surface area contributed by atoms with Crippen LogP contribution in [-0.2, 0) is 0 Å². The zero-order valence-corrected chi connectivity index (χ0v) is 10.2. The van der Waals surface area contributed by atoms with E-state index >= 15 is 0 Å². The van der Waals surface area contributed by atoms with Crippen LogP contribution in [0.3, 0.4) is 0 Å². The van der Waals surface area contributed by atoms with Crippen molar-refractivity contribution in [3.05, 3.63) is 42.0 Å². The maximum absolute atomic E-state index is 4.19. The van der Waals surface area contributed by atoms with Gasteiger partial charge in [-0.1, -0.05) is 36.4 Å². The summed E-state index contributed by atoms with van der Waals surface area (Å²) in [5.41, 5.74) is 3.88. The van der Waals surface area contributed by atoms with Crippen LogP contribution in [0.1, 0.15) is 30.4 Å². The molecule has 0 aliphatic carbocycles. The molecule has 0 radical (unpaired) electrons. The first-order valence-corrected chi connectivity index (χ1v) is 6.23. The molecule has 1 aromatic carbocycles. The molecule has 1 saturated heterocycles. The average molecular weight is 215 g/mol. The van der Waals surface area contributed by atoms with E-state index in [2.05, 4.69) is 42.7 Å². The fourth-order valence-electron chi connectivity index (χ4n) is 2.23. The van der Waals surface area contributed by atoms with Crippen molar-refractivity contribution in [2.75, 3.05) is 19.6 Å². The number of nitrogens with zero attached hydrogens (tertiary/aromatic N) is 1. The Labute approximate surface area is 98.8 Å². The molecule has 0 unspecified atom stereocenters. The lowest BCUT2D eigenvalue weighted by Gasteiger charge is -2.15. The summed E-state index contributed by atoms with van der Waals surface area (Å²) in [6, 6.07) is 8.69. The molecular weight excluding hydrogens is 194 g/mol. The highest BCUT2D eigenvalue weighted by atomic mass is 15.1. The first-order chi connectivity index (χ1) is 7.75. The van der Waals surface area contributed by atoms with Crippen LogP contribution < -0.4 is 0 Å². The molecule has 0 spiro atoms. The highest BCUT2D eigenvalue weighted by Gasteiger charge is 2.11. The summed E-state index contributed by atoms with van der Waals surface area (Å²) in [5.74, 6) is 0. The molecule has 0 N–H and O–H groups in total. The molecular formula is C15H21N. The van der Waals surface area contributed by atoms with Gasteiger partial charge in [0.05, 0.1) is 0 Å². The molecule has 1 fully saturated rings. The minimum absolute atomic E-state index is 1.10. The lowest BCUT2D eigenvalue weighted by Crippen LogP contribution is -2.20. The van der Waals surface area contributed by atoms with E-state index in [4.69, 9.17) is 0 Å². The monoisotopic (exact) mass is 215 g/mol. The maximum atomic E-state index is 4.19. The van der Waals surface area contributed by atoms with Crippen molar-refractivity contribution in [1.29, 1.82) is 0 Å². The van der Waals surface area contributed by atoms with E-state index < -0.39 is 0 Å². The van der Waals surface area contributed by atoms with E-state index in [1.54, 1.807) is 0 Å². The van der Waals surface area contributed by atoms with Crippen LogP contribution in [0.25, 0.3) is 5.57 Å². The molecule has 0 amide bonds. The summed E-state index contributed by atoms with van der Waals surface area (Å²) in [7, 11) is 0. The summed E-state index contributed by atoms with van der Waals surface area (Å²) >= 11 is 0. The van der Waals surface area contributed by atoms with Crippen molar-refractivity contribution in [3.8, 4) is 0 Å². The van der Waals surface area contributed by atoms with Gasteiger partial charge in [0.15, 0.2) is 0 Å². The molecule has 1 heteroatoms. The molecule has 1 aromatic rings. The second kappa shape index (κ2) is 5.31. The molecule has 1 heterocycles. The Balaban J connectivity index is 1.85. The topological polar surface area (TPSA) is 3.24 Å². The van der Waals surface area contributed by atoms with Gasteiger partial charge < -0.3 is 4.90 Å². The fourth-order valence-corrected chi connectivity index (χ4v) is 2.23. The zero-order valence-electron chi connectivity index (χ0n) is 10.2. The molecule has 86 valence electrons. The zero-order chi connectivity index (χ0) is 11.4. The first-order valence-electron chi connectivity index (χ1n) is 6.23. The Morgan fingerprint density at radius 1 is 1.19 bits per heavy atom. The Morgan fingerprint density at radius 2 is 1.81 bits per heavy atom. The van der Waals surface area contributed by atoms with Crippen molar-refractivity contribution in [2.24, 2.45) is 0 Å². The highest BCUT2D eigenvalue weighted by Crippen LogP contribution is 2.18. The normalized spacial score (nSPS) is 16.6. The molecule has 16 heavy (non-hydrogen) atoms. The molecule has 0 saturated carbocycles. The minimum Gasteiger partial charge on any atom is -0.303 e. The summed E-state index contributed by atoms with van der Waals surface area (Å²) < 4.78 is 0. The summed E-state index contributed by atoms with van der Waals surface area (Å²) in [6.45, 7) is 10.0. The van der Waals surface area contributed by atoms with Crippen LogP contribution in [0.4, 0.5) is 0 Å². The van der Waals surface area contributed by atoms with Gasteiger partial charge in [-0.25, -0.2) is 0 Å². The lowest BCUT2D eigenvalue weighted by atomic mass is 10.0. The largest absolute Gasteiger partial charge is 0.303 e. The SMILES string of the molecule is C=C(CCN1CCCC1)c1ccc(C)cc1. The van der Waals surface area contributed by atoms with E-state index in [9.17, 15) is 0 Å². The second-order valence-corrected chi connectivity index (χ2v) is 4.77. The number of benzene rings is 1. The molecule has 1 nitrogen and oxygen atoms in total. The van der Waals surface area contributed by atoms with Crippen molar-refractivity contribution < 1.29 is 0 Å². The summed E-state index contributed by atoms with van der Waals surface area (Å²) in [4.78, 5) is 2.54. The summed E-state index contributed by atoms with van der Waals surface area (Å²) in [6.07, 6.45) is 3.84. The third-order valence-corrected chi connectivity index (χ3v) is 3.39. The highest BCUT2D eigenvalue weighted by molar-refractivity contribution is 5.63. The van der Waals surface area contributed by atoms with Gasteiger partial charge in [0.1, 0.15) is 0 Å². The Morgan fingerprint density at radius 3 is 2.44 bits per heavy atom. The van der Waals surface area contributed by atoms with Crippen LogP contribution in [-0.4, -0.2) is 24.5 Å². The Hall–Kier alpha value is -1.08. The number of likely N-dealkylation sites (tertiary alicyclic amines) is 1. The predicted octanol–water partition coefficient (Wildman–Crippen LogP) is 3.49. The van der Waals surface area contributed by atoms with Crippen molar-refractivity contribution >= 4 is 5.57 Å². The average Bonchev–Trinajstić information content (AvgIpc) is 2.80. The quantitative estimate of drug-likeness (QED) is 0.743. The second-order valence-electron chi connectivity index (χ2n) is 4.77. The lowest BCUT2D eigenvalue weighted by molar-refractivity contribution is 0.348. The van der Waals surface area contributed by atoms with Gasteiger partial charge in [0.25, 0.3) is 0 Å². The number of aryl methyl sites for hydroxylation is 1. The van der Waals surface area contributed by atoms with Crippen LogP contribution in [0.2, 0.25) is 0 Å². The third kappa shape index (κ3) is 2.96. The van der Waals surface area contributed by atoms with Crippen LogP contribution >= 0.6 is 0 Å². The van der Waals surface area contributed by atoms with Gasteiger partial charge in [-0.2, -0.15) is 0 Å². The van der Waals surface area contributed by atoms with Gasteiger partial charge in [0.2, 0.25) is 0 Å². The van der Waals surface area contributed by atoms with Crippen molar-refractivity contribution in [1.82, 2.24) is 4.90 Å². The van der Waals surface area contributed by atoms with Gasteiger partial charge >= 0.3 is 0 Å². The van der Waals surface area contributed by atoms with E-state index in [1.165, 1.54) is 49.2 Å². The Kier molecular flexibility index (Phi) is 3.79. The molecule has 0 aromatic heterocycles. The van der Waals surface area contributed by atoms with Gasteiger partial charge in [0, 0.05) is 6.54 Å². The fraction of sp³-hybridized carbons (Fsp3) is 0.467. The molecule has 2 rings (SSSR count). The Bertz CT molecular complexity index is 344. The first kappa shape index (κ1) is 11.4. The van der Waals surface area contributed by atoms with E-state index in [-0.39, 0.29) is 0 Å². The standard InChI is InChI=1S/C15H21N/c1-13-5-7-15(8-6-13)14(2)9-12-16-10-3-4-11-16/h5-8H,2-4,9-12H2,1H3. The molecule has 0 bridgehead atoms. The third-order valence-electron chi connectivity index (χ3n) is 3.39.